The van der Waals surface area contributed by atoms with Crippen molar-refractivity contribution >= 4 is 11.8 Å². The summed E-state index contributed by atoms with van der Waals surface area (Å²) in [6, 6.07) is 0. The lowest BCUT2D eigenvalue weighted by atomic mass is 9.99. The maximum absolute atomic E-state index is 11.6. The van der Waals surface area contributed by atoms with E-state index >= 15 is 0 Å². The highest BCUT2D eigenvalue weighted by molar-refractivity contribution is 5.90. The molecule has 0 N–H and O–H groups in total. The molecule has 3 rings (SSSR count). The molecule has 0 radical (unpaired) electrons. The molecular formula is C11H14O3. The highest BCUT2D eigenvalue weighted by Crippen LogP contribution is 2.69. The summed E-state index contributed by atoms with van der Waals surface area (Å²) in [5, 5.41) is 0. The summed E-state index contributed by atoms with van der Waals surface area (Å²) in [6.45, 7) is 2.28. The topological polar surface area (TPSA) is 43.4 Å². The standard InChI is InChI=1S/C11H14O3/c1-2-14-11(13)6-3-5-4-7(12)10-8(5)9(6)10/h5-6,8-10H,2-4H2,1H3/t5-,6+,8?,9?,10-/m0/s1. The van der Waals surface area contributed by atoms with Crippen molar-refractivity contribution in [2.24, 2.45) is 29.6 Å². The average molecular weight is 194 g/mol. The van der Waals surface area contributed by atoms with Gasteiger partial charge in [-0.3, -0.25) is 9.59 Å². The predicted octanol–water partition coefficient (Wildman–Crippen LogP) is 1.02. The van der Waals surface area contributed by atoms with Crippen LogP contribution in [0.2, 0.25) is 0 Å². The van der Waals surface area contributed by atoms with E-state index in [0.717, 1.165) is 12.8 Å². The summed E-state index contributed by atoms with van der Waals surface area (Å²) in [6.07, 6.45) is 1.62. The van der Waals surface area contributed by atoms with E-state index in [2.05, 4.69) is 0 Å². The van der Waals surface area contributed by atoms with Crippen LogP contribution in [0.4, 0.5) is 0 Å². The Bertz CT molecular complexity index is 310. The Balaban J connectivity index is 1.75. The molecule has 0 aliphatic heterocycles. The summed E-state index contributed by atoms with van der Waals surface area (Å²) in [5.74, 6) is 2.03. The van der Waals surface area contributed by atoms with Crippen LogP contribution in [0.1, 0.15) is 19.8 Å². The Kier molecular flexibility index (Phi) is 1.56. The second-order valence-corrected chi connectivity index (χ2v) is 4.71. The Labute approximate surface area is 82.8 Å². The van der Waals surface area contributed by atoms with Crippen LogP contribution in [-0.2, 0) is 14.3 Å². The minimum atomic E-state index is -0.0674. The molecule has 3 nitrogen and oxygen atoms in total. The van der Waals surface area contributed by atoms with Crippen LogP contribution in [0.3, 0.4) is 0 Å². The normalized spacial score (nSPS) is 47.8. The minimum absolute atomic E-state index is 0.0430. The third kappa shape index (κ3) is 0.877. The van der Waals surface area contributed by atoms with Gasteiger partial charge in [0.2, 0.25) is 0 Å². The zero-order chi connectivity index (χ0) is 9.87. The first kappa shape index (κ1) is 8.45. The van der Waals surface area contributed by atoms with E-state index in [9.17, 15) is 9.59 Å². The first-order chi connectivity index (χ1) is 6.74. The number of hydrogen-bond donors (Lipinski definition) is 0. The quantitative estimate of drug-likeness (QED) is 0.616. The molecule has 0 bridgehead atoms. The predicted molar refractivity (Wildman–Crippen MR) is 48.3 cm³/mol. The molecule has 0 saturated heterocycles. The first-order valence-corrected chi connectivity index (χ1v) is 5.43. The van der Waals surface area contributed by atoms with Gasteiger partial charge in [-0.15, -0.1) is 0 Å². The van der Waals surface area contributed by atoms with Crippen molar-refractivity contribution in [3.8, 4) is 0 Å². The highest BCUT2D eigenvalue weighted by atomic mass is 16.5. The Morgan fingerprint density at radius 3 is 2.86 bits per heavy atom. The number of carbonyl (C=O) groups is 2. The van der Waals surface area contributed by atoms with Gasteiger partial charge in [0.15, 0.2) is 0 Å². The molecule has 0 amide bonds. The number of rotatable bonds is 2. The number of ketones is 1. The second kappa shape index (κ2) is 2.59. The molecule has 5 atom stereocenters. The highest BCUT2D eigenvalue weighted by Gasteiger charge is 2.71. The van der Waals surface area contributed by atoms with Crippen molar-refractivity contribution in [2.45, 2.75) is 19.8 Å². The van der Waals surface area contributed by atoms with Gasteiger partial charge in [-0.1, -0.05) is 0 Å². The van der Waals surface area contributed by atoms with E-state index in [-0.39, 0.29) is 17.8 Å². The maximum atomic E-state index is 11.6. The van der Waals surface area contributed by atoms with Crippen molar-refractivity contribution in [3.63, 3.8) is 0 Å². The van der Waals surface area contributed by atoms with E-state index in [1.54, 1.807) is 0 Å². The molecule has 0 aromatic carbocycles. The Morgan fingerprint density at radius 2 is 2.29 bits per heavy atom. The maximum Gasteiger partial charge on any atom is 0.309 e. The Morgan fingerprint density at radius 1 is 1.50 bits per heavy atom. The number of esters is 1. The lowest BCUT2D eigenvalue weighted by molar-refractivity contribution is -0.148. The van der Waals surface area contributed by atoms with E-state index < -0.39 is 0 Å². The summed E-state index contributed by atoms with van der Waals surface area (Å²) in [7, 11) is 0. The van der Waals surface area contributed by atoms with E-state index in [1.807, 2.05) is 6.92 Å². The van der Waals surface area contributed by atoms with Gasteiger partial charge in [0.05, 0.1) is 12.5 Å². The SMILES string of the molecule is CCOC(=O)[C@@H]1C[C@H]2CC(=O)[C@H]3C2C31. The lowest BCUT2D eigenvalue weighted by Crippen LogP contribution is -2.19. The van der Waals surface area contributed by atoms with Gasteiger partial charge in [-0.2, -0.15) is 0 Å². The van der Waals surface area contributed by atoms with Crippen LogP contribution >= 0.6 is 0 Å². The molecule has 76 valence electrons. The molecule has 3 heteroatoms. The smallest absolute Gasteiger partial charge is 0.309 e. The van der Waals surface area contributed by atoms with Crippen molar-refractivity contribution in [1.29, 1.82) is 0 Å². The van der Waals surface area contributed by atoms with E-state index in [1.165, 1.54) is 0 Å². The van der Waals surface area contributed by atoms with Gasteiger partial charge in [0.25, 0.3) is 0 Å². The molecule has 0 aromatic rings. The summed E-state index contributed by atoms with van der Waals surface area (Å²) in [5.41, 5.74) is 0. The van der Waals surface area contributed by atoms with E-state index in [0.29, 0.717) is 30.1 Å². The van der Waals surface area contributed by atoms with Gasteiger partial charge in [-0.05, 0) is 31.1 Å². The molecule has 3 aliphatic carbocycles. The zero-order valence-corrected chi connectivity index (χ0v) is 8.23. The monoisotopic (exact) mass is 194 g/mol. The van der Waals surface area contributed by atoms with Gasteiger partial charge >= 0.3 is 5.97 Å². The average Bonchev–Trinajstić information content (AvgIpc) is 2.70. The molecule has 0 spiro atoms. The zero-order valence-electron chi connectivity index (χ0n) is 8.23. The Hall–Kier alpha value is -0.860. The van der Waals surface area contributed by atoms with Crippen molar-refractivity contribution in [3.05, 3.63) is 0 Å². The van der Waals surface area contributed by atoms with Gasteiger partial charge in [0.1, 0.15) is 5.78 Å². The summed E-state index contributed by atoms with van der Waals surface area (Å²) < 4.78 is 5.03. The number of ether oxygens (including phenoxy) is 1. The van der Waals surface area contributed by atoms with Crippen LogP contribution in [0, 0.1) is 29.6 Å². The van der Waals surface area contributed by atoms with Crippen LogP contribution in [0.25, 0.3) is 0 Å². The molecule has 0 aromatic heterocycles. The lowest BCUT2D eigenvalue weighted by Gasteiger charge is -2.11. The van der Waals surface area contributed by atoms with Crippen molar-refractivity contribution < 1.29 is 14.3 Å². The molecule has 3 aliphatic rings. The third-order valence-electron chi connectivity index (χ3n) is 4.12. The fraction of sp³-hybridized carbons (Fsp3) is 0.818. The minimum Gasteiger partial charge on any atom is -0.466 e. The summed E-state index contributed by atoms with van der Waals surface area (Å²) in [4.78, 5) is 23.0. The second-order valence-electron chi connectivity index (χ2n) is 4.71. The van der Waals surface area contributed by atoms with Crippen LogP contribution in [-0.4, -0.2) is 18.4 Å². The van der Waals surface area contributed by atoms with E-state index in [4.69, 9.17) is 4.74 Å². The molecule has 2 unspecified atom stereocenters. The largest absolute Gasteiger partial charge is 0.466 e. The first-order valence-electron chi connectivity index (χ1n) is 5.43. The fourth-order valence-corrected chi connectivity index (χ4v) is 3.67. The number of Topliss-reactive ketones (excluding diaryl/α,β-unsaturated/α-hetero) is 1. The number of hydrogen-bond acceptors (Lipinski definition) is 3. The van der Waals surface area contributed by atoms with Crippen LogP contribution in [0.15, 0.2) is 0 Å². The van der Waals surface area contributed by atoms with Crippen molar-refractivity contribution in [2.75, 3.05) is 6.61 Å². The summed E-state index contributed by atoms with van der Waals surface area (Å²) >= 11 is 0. The molecule has 14 heavy (non-hydrogen) atoms. The number of fused-ring (bicyclic) bond motifs is 1. The van der Waals surface area contributed by atoms with Crippen LogP contribution < -0.4 is 0 Å². The van der Waals surface area contributed by atoms with Crippen molar-refractivity contribution in [1.82, 2.24) is 0 Å². The van der Waals surface area contributed by atoms with Crippen LogP contribution in [0.5, 0.6) is 0 Å². The molecule has 3 saturated carbocycles. The van der Waals surface area contributed by atoms with Gasteiger partial charge in [-0.25, -0.2) is 0 Å². The molecule has 3 fully saturated rings. The molecular weight excluding hydrogens is 180 g/mol. The number of carbonyl (C=O) groups excluding carboxylic acids is 2. The molecule has 0 heterocycles. The third-order valence-corrected chi connectivity index (χ3v) is 4.12. The van der Waals surface area contributed by atoms with Gasteiger partial charge in [0, 0.05) is 12.3 Å². The fourth-order valence-electron chi connectivity index (χ4n) is 3.67. The van der Waals surface area contributed by atoms with Gasteiger partial charge < -0.3 is 4.74 Å².